The number of benzene rings is 1. The maximum absolute atomic E-state index is 8.63. The average molecular weight is 206 g/mol. The number of rotatable bonds is 2. The fraction of sp³-hybridized carbons (Fsp3) is 0.200. The predicted molar refractivity (Wildman–Crippen MR) is 53.3 cm³/mol. The van der Waals surface area contributed by atoms with Crippen LogP contribution >= 0.6 is 11.6 Å². The summed E-state index contributed by atoms with van der Waals surface area (Å²) >= 11 is 5.81. The van der Waals surface area contributed by atoms with Gasteiger partial charge in [0.05, 0.1) is 23.1 Å². The van der Waals surface area contributed by atoms with E-state index in [2.05, 4.69) is 0 Å². The van der Waals surface area contributed by atoms with E-state index >= 15 is 0 Å². The molecule has 0 saturated carbocycles. The van der Waals surface area contributed by atoms with Gasteiger partial charge >= 0.3 is 0 Å². The standard InChI is InChI=1S/C10H8ClN3/c11-9-5-7(10(14)3-4-12)1-2-8(9)6-13/h1-2,5,10H,3,14H2. The lowest BCUT2D eigenvalue weighted by molar-refractivity contribution is 0.748. The van der Waals surface area contributed by atoms with E-state index < -0.39 is 0 Å². The molecular weight excluding hydrogens is 198 g/mol. The average Bonchev–Trinajstić information content (AvgIpc) is 2.18. The van der Waals surface area contributed by atoms with Crippen LogP contribution in [0.5, 0.6) is 0 Å². The Balaban J connectivity index is 2.99. The van der Waals surface area contributed by atoms with E-state index in [4.69, 9.17) is 27.9 Å². The van der Waals surface area contributed by atoms with E-state index in [1.165, 1.54) is 0 Å². The third-order valence-corrected chi connectivity index (χ3v) is 2.17. The highest BCUT2D eigenvalue weighted by molar-refractivity contribution is 6.31. The largest absolute Gasteiger partial charge is 0.323 e. The van der Waals surface area contributed by atoms with E-state index in [0.29, 0.717) is 10.6 Å². The molecule has 3 nitrogen and oxygen atoms in total. The minimum Gasteiger partial charge on any atom is -0.323 e. The van der Waals surface area contributed by atoms with E-state index in [0.717, 1.165) is 5.56 Å². The van der Waals surface area contributed by atoms with Gasteiger partial charge in [-0.1, -0.05) is 17.7 Å². The van der Waals surface area contributed by atoms with E-state index in [9.17, 15) is 0 Å². The van der Waals surface area contributed by atoms with Gasteiger partial charge in [0.2, 0.25) is 0 Å². The molecule has 0 saturated heterocycles. The molecule has 0 spiro atoms. The minimum absolute atomic E-state index is 0.238. The highest BCUT2D eigenvalue weighted by Gasteiger charge is 2.07. The smallest absolute Gasteiger partial charge is 0.101 e. The maximum atomic E-state index is 8.63. The summed E-state index contributed by atoms with van der Waals surface area (Å²) in [6.07, 6.45) is 0.238. The van der Waals surface area contributed by atoms with E-state index in [-0.39, 0.29) is 12.5 Å². The van der Waals surface area contributed by atoms with Crippen LogP contribution in [0.15, 0.2) is 18.2 Å². The Kier molecular flexibility index (Phi) is 3.48. The summed E-state index contributed by atoms with van der Waals surface area (Å²) in [5.74, 6) is 0. The van der Waals surface area contributed by atoms with Gasteiger partial charge in [-0.3, -0.25) is 0 Å². The summed E-state index contributed by atoms with van der Waals surface area (Å²) in [5.41, 5.74) is 6.89. The van der Waals surface area contributed by atoms with Crippen molar-refractivity contribution in [1.82, 2.24) is 0 Å². The highest BCUT2D eigenvalue weighted by Crippen LogP contribution is 2.21. The SMILES string of the molecule is N#CCC(N)c1ccc(C#N)c(Cl)c1. The molecular formula is C10H8ClN3. The Labute approximate surface area is 87.3 Å². The fourth-order valence-corrected chi connectivity index (χ4v) is 1.30. The first-order valence-corrected chi connectivity index (χ1v) is 4.39. The van der Waals surface area contributed by atoms with Crippen LogP contribution in [0.25, 0.3) is 0 Å². The van der Waals surface area contributed by atoms with Gasteiger partial charge in [0.25, 0.3) is 0 Å². The van der Waals surface area contributed by atoms with Crippen molar-refractivity contribution in [3.8, 4) is 12.1 Å². The fourth-order valence-electron chi connectivity index (χ4n) is 1.07. The molecule has 1 atom stereocenters. The van der Waals surface area contributed by atoms with Crippen LogP contribution < -0.4 is 5.73 Å². The van der Waals surface area contributed by atoms with Gasteiger partial charge in [-0.25, -0.2) is 0 Å². The molecule has 2 N–H and O–H groups in total. The topological polar surface area (TPSA) is 73.6 Å². The molecule has 70 valence electrons. The van der Waals surface area contributed by atoms with Gasteiger partial charge in [0.1, 0.15) is 6.07 Å². The second-order valence-corrected chi connectivity index (χ2v) is 3.23. The summed E-state index contributed by atoms with van der Waals surface area (Å²) < 4.78 is 0. The Bertz CT molecular complexity index is 414. The Morgan fingerprint density at radius 2 is 2.14 bits per heavy atom. The quantitative estimate of drug-likeness (QED) is 0.804. The van der Waals surface area contributed by atoms with Crippen molar-refractivity contribution in [3.05, 3.63) is 34.3 Å². The summed E-state index contributed by atoms with van der Waals surface area (Å²) in [5, 5.41) is 17.5. The third-order valence-electron chi connectivity index (χ3n) is 1.85. The van der Waals surface area contributed by atoms with Crippen LogP contribution in [0.2, 0.25) is 5.02 Å². The van der Waals surface area contributed by atoms with Crippen LogP contribution in [0.4, 0.5) is 0 Å². The van der Waals surface area contributed by atoms with Crippen molar-refractivity contribution >= 4 is 11.6 Å². The molecule has 0 radical (unpaired) electrons. The molecule has 0 fully saturated rings. The predicted octanol–water partition coefficient (Wildman–Crippen LogP) is 2.13. The summed E-state index contributed by atoms with van der Waals surface area (Å²) in [4.78, 5) is 0. The Morgan fingerprint density at radius 3 is 2.64 bits per heavy atom. The molecule has 1 unspecified atom stereocenters. The first kappa shape index (κ1) is 10.5. The lowest BCUT2D eigenvalue weighted by atomic mass is 10.0. The molecule has 0 aromatic heterocycles. The summed E-state index contributed by atoms with van der Waals surface area (Å²) in [6.45, 7) is 0. The van der Waals surface area contributed by atoms with Crippen LogP contribution in [0, 0.1) is 22.7 Å². The zero-order chi connectivity index (χ0) is 10.6. The second kappa shape index (κ2) is 4.62. The molecule has 0 heterocycles. The monoisotopic (exact) mass is 205 g/mol. The molecule has 1 rings (SSSR count). The zero-order valence-corrected chi connectivity index (χ0v) is 8.12. The molecule has 0 amide bonds. The number of nitrogens with zero attached hydrogens (tertiary/aromatic N) is 2. The van der Waals surface area contributed by atoms with Gasteiger partial charge in [0, 0.05) is 6.04 Å². The number of halogens is 1. The van der Waals surface area contributed by atoms with Crippen molar-refractivity contribution in [1.29, 1.82) is 10.5 Å². The van der Waals surface area contributed by atoms with Crippen molar-refractivity contribution in [3.63, 3.8) is 0 Å². The third kappa shape index (κ3) is 2.23. The lowest BCUT2D eigenvalue weighted by Crippen LogP contribution is -2.09. The summed E-state index contributed by atoms with van der Waals surface area (Å²) in [6, 6.07) is 8.54. The Morgan fingerprint density at radius 1 is 1.43 bits per heavy atom. The Hall–Kier alpha value is -1.55. The van der Waals surface area contributed by atoms with Gasteiger partial charge in [-0.2, -0.15) is 10.5 Å². The van der Waals surface area contributed by atoms with Gasteiger partial charge in [-0.15, -0.1) is 0 Å². The number of nitriles is 2. The highest BCUT2D eigenvalue weighted by atomic mass is 35.5. The molecule has 4 heteroatoms. The van der Waals surface area contributed by atoms with E-state index in [1.54, 1.807) is 18.2 Å². The van der Waals surface area contributed by atoms with Crippen LogP contribution in [0.3, 0.4) is 0 Å². The molecule has 0 bridgehead atoms. The van der Waals surface area contributed by atoms with Gasteiger partial charge in [0.15, 0.2) is 0 Å². The first-order chi connectivity index (χ1) is 6.69. The minimum atomic E-state index is -0.342. The maximum Gasteiger partial charge on any atom is 0.101 e. The van der Waals surface area contributed by atoms with E-state index in [1.807, 2.05) is 12.1 Å². The van der Waals surface area contributed by atoms with Crippen molar-refractivity contribution in [2.75, 3.05) is 0 Å². The number of nitrogens with two attached hydrogens (primary N) is 1. The van der Waals surface area contributed by atoms with Crippen LogP contribution in [-0.4, -0.2) is 0 Å². The first-order valence-electron chi connectivity index (χ1n) is 4.01. The number of hydrogen-bond acceptors (Lipinski definition) is 3. The zero-order valence-electron chi connectivity index (χ0n) is 7.37. The molecule has 1 aromatic rings. The summed E-state index contributed by atoms with van der Waals surface area (Å²) in [7, 11) is 0. The van der Waals surface area contributed by atoms with Crippen molar-refractivity contribution < 1.29 is 0 Å². The molecule has 1 aromatic carbocycles. The molecule has 14 heavy (non-hydrogen) atoms. The van der Waals surface area contributed by atoms with Gasteiger partial charge in [-0.05, 0) is 17.7 Å². The van der Waals surface area contributed by atoms with Crippen molar-refractivity contribution in [2.45, 2.75) is 12.5 Å². The molecule has 0 aliphatic heterocycles. The molecule has 0 aliphatic carbocycles. The molecule has 0 aliphatic rings. The number of hydrogen-bond donors (Lipinski definition) is 1. The normalized spacial score (nSPS) is 11.4. The second-order valence-electron chi connectivity index (χ2n) is 2.82. The lowest BCUT2D eigenvalue weighted by Gasteiger charge is -2.08. The van der Waals surface area contributed by atoms with Crippen molar-refractivity contribution in [2.24, 2.45) is 5.73 Å². The van der Waals surface area contributed by atoms with Crippen LogP contribution in [-0.2, 0) is 0 Å². The van der Waals surface area contributed by atoms with Gasteiger partial charge < -0.3 is 5.73 Å². The van der Waals surface area contributed by atoms with Crippen LogP contribution in [0.1, 0.15) is 23.6 Å².